The molecule has 0 spiro atoms. The van der Waals surface area contributed by atoms with Crippen LogP contribution < -0.4 is 5.32 Å². The standard InChI is InChI=1S/C15H27N3O2.2ClH/c19-15(14-1-4-16-11-14)18-7-5-17(6-8-18)12-13-2-9-20-10-3-13;;/h13-14,16H,1-12H2;2*1H. The van der Waals surface area contributed by atoms with Crippen LogP contribution in [0.3, 0.4) is 0 Å². The van der Waals surface area contributed by atoms with E-state index in [2.05, 4.69) is 15.1 Å². The van der Waals surface area contributed by atoms with E-state index in [0.29, 0.717) is 5.91 Å². The molecule has 1 atom stereocenters. The highest BCUT2D eigenvalue weighted by Crippen LogP contribution is 2.18. The Balaban J connectivity index is 0.00000121. The van der Waals surface area contributed by atoms with Crippen LogP contribution in [0.4, 0.5) is 0 Å². The number of ether oxygens (including phenoxy) is 1. The van der Waals surface area contributed by atoms with Gasteiger partial charge in [0.1, 0.15) is 0 Å². The Kier molecular flexibility index (Phi) is 9.02. The number of rotatable bonds is 3. The van der Waals surface area contributed by atoms with E-state index in [0.717, 1.165) is 64.8 Å². The summed E-state index contributed by atoms with van der Waals surface area (Å²) in [6.45, 7) is 8.84. The molecule has 0 aromatic heterocycles. The van der Waals surface area contributed by atoms with Crippen molar-refractivity contribution in [2.45, 2.75) is 19.3 Å². The van der Waals surface area contributed by atoms with Crippen molar-refractivity contribution >= 4 is 30.7 Å². The van der Waals surface area contributed by atoms with Gasteiger partial charge in [-0.25, -0.2) is 0 Å². The minimum atomic E-state index is 0. The minimum Gasteiger partial charge on any atom is -0.381 e. The molecule has 3 aliphatic heterocycles. The zero-order chi connectivity index (χ0) is 13.8. The third kappa shape index (κ3) is 5.24. The van der Waals surface area contributed by atoms with Gasteiger partial charge in [0.25, 0.3) is 0 Å². The number of piperazine rings is 1. The molecule has 130 valence electrons. The lowest BCUT2D eigenvalue weighted by atomic mass is 9.99. The van der Waals surface area contributed by atoms with Crippen molar-refractivity contribution in [1.82, 2.24) is 15.1 Å². The van der Waals surface area contributed by atoms with Crippen LogP contribution in [0.2, 0.25) is 0 Å². The Hall–Kier alpha value is -0.0700. The Morgan fingerprint density at radius 2 is 1.73 bits per heavy atom. The summed E-state index contributed by atoms with van der Waals surface area (Å²) >= 11 is 0. The average Bonchev–Trinajstić information content (AvgIpc) is 3.03. The maximum Gasteiger partial charge on any atom is 0.227 e. The van der Waals surface area contributed by atoms with Crippen LogP contribution in [0, 0.1) is 11.8 Å². The second-order valence-electron chi connectivity index (χ2n) is 6.37. The molecule has 0 aliphatic carbocycles. The van der Waals surface area contributed by atoms with Crippen molar-refractivity contribution in [3.05, 3.63) is 0 Å². The number of halogens is 2. The third-order valence-corrected chi connectivity index (χ3v) is 4.95. The van der Waals surface area contributed by atoms with Gasteiger partial charge in [-0.05, 0) is 31.7 Å². The molecular formula is C15H29Cl2N3O2. The first-order valence-corrected chi connectivity index (χ1v) is 8.12. The van der Waals surface area contributed by atoms with E-state index in [4.69, 9.17) is 4.74 Å². The summed E-state index contributed by atoms with van der Waals surface area (Å²) < 4.78 is 5.42. The van der Waals surface area contributed by atoms with E-state index in [1.165, 1.54) is 19.4 Å². The second-order valence-corrected chi connectivity index (χ2v) is 6.37. The molecule has 1 amide bonds. The van der Waals surface area contributed by atoms with Crippen LogP contribution in [0.1, 0.15) is 19.3 Å². The molecule has 0 aromatic carbocycles. The topological polar surface area (TPSA) is 44.8 Å². The normalized spacial score (nSPS) is 27.1. The van der Waals surface area contributed by atoms with Gasteiger partial charge in [0, 0.05) is 52.5 Å². The number of hydrogen-bond donors (Lipinski definition) is 1. The first-order chi connectivity index (χ1) is 9.83. The van der Waals surface area contributed by atoms with Gasteiger partial charge in [0.15, 0.2) is 0 Å². The van der Waals surface area contributed by atoms with Crippen molar-refractivity contribution in [1.29, 1.82) is 0 Å². The fraction of sp³-hybridized carbons (Fsp3) is 0.933. The third-order valence-electron chi connectivity index (χ3n) is 4.95. The van der Waals surface area contributed by atoms with Gasteiger partial charge in [-0.2, -0.15) is 0 Å². The van der Waals surface area contributed by atoms with E-state index in [9.17, 15) is 4.79 Å². The number of hydrogen-bond acceptors (Lipinski definition) is 4. The van der Waals surface area contributed by atoms with Crippen LogP contribution in [-0.4, -0.2) is 74.7 Å². The van der Waals surface area contributed by atoms with E-state index in [1.807, 2.05) is 0 Å². The number of carbonyl (C=O) groups is 1. The highest BCUT2D eigenvalue weighted by molar-refractivity contribution is 5.85. The monoisotopic (exact) mass is 353 g/mol. The molecule has 0 bridgehead atoms. The molecule has 0 radical (unpaired) electrons. The van der Waals surface area contributed by atoms with Crippen molar-refractivity contribution in [3.63, 3.8) is 0 Å². The quantitative estimate of drug-likeness (QED) is 0.822. The largest absolute Gasteiger partial charge is 0.381 e. The zero-order valence-corrected chi connectivity index (χ0v) is 14.8. The van der Waals surface area contributed by atoms with Gasteiger partial charge >= 0.3 is 0 Å². The lowest BCUT2D eigenvalue weighted by Gasteiger charge is -2.38. The average molecular weight is 354 g/mol. The number of amides is 1. The fourth-order valence-electron chi connectivity index (χ4n) is 3.57. The summed E-state index contributed by atoms with van der Waals surface area (Å²) in [4.78, 5) is 17.0. The van der Waals surface area contributed by atoms with Crippen LogP contribution in [0.5, 0.6) is 0 Å². The summed E-state index contributed by atoms with van der Waals surface area (Å²) in [6.07, 6.45) is 3.42. The SMILES string of the molecule is Cl.Cl.O=C(C1CCNC1)N1CCN(CC2CCOCC2)CC1. The summed E-state index contributed by atoms with van der Waals surface area (Å²) in [7, 11) is 0. The van der Waals surface area contributed by atoms with Gasteiger partial charge in [0.05, 0.1) is 5.92 Å². The molecule has 3 saturated heterocycles. The molecule has 3 rings (SSSR count). The van der Waals surface area contributed by atoms with Crippen molar-refractivity contribution in [3.8, 4) is 0 Å². The molecule has 5 nitrogen and oxygen atoms in total. The fourth-order valence-corrected chi connectivity index (χ4v) is 3.57. The Labute approximate surface area is 145 Å². The summed E-state index contributed by atoms with van der Waals surface area (Å²) in [5.41, 5.74) is 0. The lowest BCUT2D eigenvalue weighted by molar-refractivity contribution is -0.136. The Bertz CT molecular complexity index is 327. The van der Waals surface area contributed by atoms with Crippen molar-refractivity contribution in [2.75, 3.05) is 59.0 Å². The molecule has 1 unspecified atom stereocenters. The molecule has 1 N–H and O–H groups in total. The van der Waals surface area contributed by atoms with Crippen molar-refractivity contribution in [2.24, 2.45) is 11.8 Å². The second kappa shape index (κ2) is 9.93. The molecule has 0 saturated carbocycles. The van der Waals surface area contributed by atoms with Crippen LogP contribution in [-0.2, 0) is 9.53 Å². The smallest absolute Gasteiger partial charge is 0.227 e. The summed E-state index contributed by atoms with van der Waals surface area (Å²) in [6, 6.07) is 0. The van der Waals surface area contributed by atoms with Crippen LogP contribution in [0.25, 0.3) is 0 Å². The van der Waals surface area contributed by atoms with Crippen molar-refractivity contribution < 1.29 is 9.53 Å². The van der Waals surface area contributed by atoms with Gasteiger partial charge in [-0.3, -0.25) is 9.69 Å². The highest BCUT2D eigenvalue weighted by atomic mass is 35.5. The lowest BCUT2D eigenvalue weighted by Crippen LogP contribution is -2.51. The summed E-state index contributed by atoms with van der Waals surface area (Å²) in [5.74, 6) is 1.41. The van der Waals surface area contributed by atoms with Gasteiger partial charge in [-0.1, -0.05) is 0 Å². The molecule has 3 fully saturated rings. The number of nitrogens with zero attached hydrogens (tertiary/aromatic N) is 2. The maximum atomic E-state index is 12.3. The zero-order valence-electron chi connectivity index (χ0n) is 13.2. The first kappa shape index (κ1) is 20.0. The molecule has 0 aromatic rings. The molecule has 22 heavy (non-hydrogen) atoms. The molecule has 7 heteroatoms. The van der Waals surface area contributed by atoms with Gasteiger partial charge in [-0.15, -0.1) is 24.8 Å². The maximum absolute atomic E-state index is 12.3. The molecular weight excluding hydrogens is 325 g/mol. The van der Waals surface area contributed by atoms with Gasteiger partial charge in [0.2, 0.25) is 5.91 Å². The number of carbonyl (C=O) groups excluding carboxylic acids is 1. The predicted octanol–water partition coefficient (Wildman–Crippen LogP) is 1.01. The van der Waals surface area contributed by atoms with Gasteiger partial charge < -0.3 is 15.0 Å². The minimum absolute atomic E-state index is 0. The number of nitrogens with one attached hydrogen (secondary N) is 1. The van der Waals surface area contributed by atoms with E-state index in [-0.39, 0.29) is 30.7 Å². The predicted molar refractivity (Wildman–Crippen MR) is 92.0 cm³/mol. The highest BCUT2D eigenvalue weighted by Gasteiger charge is 2.29. The van der Waals surface area contributed by atoms with E-state index in [1.54, 1.807) is 0 Å². The van der Waals surface area contributed by atoms with E-state index < -0.39 is 0 Å². The van der Waals surface area contributed by atoms with Crippen LogP contribution >= 0.6 is 24.8 Å². The first-order valence-electron chi connectivity index (χ1n) is 8.12. The summed E-state index contributed by atoms with van der Waals surface area (Å²) in [5, 5.41) is 3.29. The Morgan fingerprint density at radius 3 is 2.32 bits per heavy atom. The Morgan fingerprint density at radius 1 is 1.05 bits per heavy atom. The molecule has 3 aliphatic rings. The van der Waals surface area contributed by atoms with Crippen LogP contribution in [0.15, 0.2) is 0 Å². The van der Waals surface area contributed by atoms with E-state index >= 15 is 0 Å². The molecule has 3 heterocycles.